The number of benzene rings is 1. The number of phenolic OH excluding ortho intramolecular Hbond substituents is 2. The van der Waals surface area contributed by atoms with Crippen molar-refractivity contribution in [2.24, 2.45) is 5.92 Å². The minimum atomic E-state index is -2.22. The molecule has 0 aliphatic heterocycles. The number of unbranched alkanes of at least 4 members (excludes halogenated alkanes) is 3. The largest absolute Gasteiger partial charge is 0.507 e. The SMILES string of the molecule is [2H]C([2H])([2H])C1=CC(c2c(O)cc(C([2H])([2H])CCCCCC)cc2O)C(C(=C)C)CC1. The molecule has 2 unspecified atom stereocenters. The van der Waals surface area contributed by atoms with Crippen LogP contribution in [0.3, 0.4) is 0 Å². The van der Waals surface area contributed by atoms with Crippen LogP contribution in [-0.2, 0) is 6.37 Å². The molecule has 0 saturated heterocycles. The topological polar surface area (TPSA) is 40.5 Å². The van der Waals surface area contributed by atoms with E-state index >= 15 is 0 Å². The van der Waals surface area contributed by atoms with Crippen LogP contribution >= 0.6 is 0 Å². The highest BCUT2D eigenvalue weighted by atomic mass is 16.3. The molecule has 1 aromatic rings. The zero-order valence-corrected chi connectivity index (χ0v) is 15.4. The second kappa shape index (κ2) is 9.12. The van der Waals surface area contributed by atoms with Crippen molar-refractivity contribution in [3.63, 3.8) is 0 Å². The Labute approximate surface area is 160 Å². The van der Waals surface area contributed by atoms with Gasteiger partial charge >= 0.3 is 0 Å². The summed E-state index contributed by atoms with van der Waals surface area (Å²) in [5.74, 6) is -1.04. The molecule has 0 amide bonds. The van der Waals surface area contributed by atoms with Crippen LogP contribution in [0, 0.1) is 5.92 Å². The third kappa shape index (κ3) is 5.14. The molecule has 0 radical (unpaired) electrons. The third-order valence-corrected chi connectivity index (χ3v) is 5.00. The van der Waals surface area contributed by atoms with Gasteiger partial charge in [-0.1, -0.05) is 56.4 Å². The van der Waals surface area contributed by atoms with Gasteiger partial charge in [-0.3, -0.25) is 0 Å². The first-order valence-electron chi connectivity index (χ1n) is 11.8. The Morgan fingerprint density at radius 2 is 1.92 bits per heavy atom. The van der Waals surface area contributed by atoms with E-state index in [9.17, 15) is 10.2 Å². The van der Waals surface area contributed by atoms with Crippen LogP contribution in [0.15, 0.2) is 35.9 Å². The summed E-state index contributed by atoms with van der Waals surface area (Å²) in [7, 11) is 0. The molecular weight excluding hydrogens is 308 g/mol. The summed E-state index contributed by atoms with van der Waals surface area (Å²) in [5, 5.41) is 21.5. The van der Waals surface area contributed by atoms with Crippen molar-refractivity contribution in [1.29, 1.82) is 0 Å². The number of rotatable bonds is 8. The van der Waals surface area contributed by atoms with E-state index < -0.39 is 19.1 Å². The van der Waals surface area contributed by atoms with Gasteiger partial charge in [0.15, 0.2) is 0 Å². The van der Waals surface area contributed by atoms with Gasteiger partial charge in [0, 0.05) is 18.3 Å². The van der Waals surface area contributed by atoms with E-state index in [0.29, 0.717) is 24.8 Å². The summed E-state index contributed by atoms with van der Waals surface area (Å²) in [5.41, 5.74) is 1.66. The predicted molar refractivity (Wildman–Crippen MR) is 106 cm³/mol. The van der Waals surface area contributed by atoms with Gasteiger partial charge in [-0.15, -0.1) is 0 Å². The number of phenols is 2. The van der Waals surface area contributed by atoms with E-state index in [0.717, 1.165) is 31.3 Å². The Balaban J connectivity index is 2.42. The average Bonchev–Trinajstić information content (AvgIpc) is 2.63. The second-order valence-electron chi connectivity index (χ2n) is 7.12. The molecule has 25 heavy (non-hydrogen) atoms. The number of aryl methyl sites for hydroxylation is 1. The minimum Gasteiger partial charge on any atom is -0.507 e. The van der Waals surface area contributed by atoms with Crippen LogP contribution < -0.4 is 0 Å². The molecule has 0 heterocycles. The van der Waals surface area contributed by atoms with Crippen molar-refractivity contribution in [1.82, 2.24) is 0 Å². The predicted octanol–water partition coefficient (Wildman–Crippen LogP) is 6.63. The molecular formula is C23H34O2. The van der Waals surface area contributed by atoms with Crippen LogP contribution in [-0.4, -0.2) is 10.2 Å². The molecule has 1 aliphatic carbocycles. The zero-order chi connectivity index (χ0) is 22.7. The second-order valence-corrected chi connectivity index (χ2v) is 7.12. The first-order valence-corrected chi connectivity index (χ1v) is 9.31. The molecule has 2 rings (SSSR count). The van der Waals surface area contributed by atoms with Crippen LogP contribution in [0.2, 0.25) is 0 Å². The van der Waals surface area contributed by atoms with Crippen LogP contribution in [0.5, 0.6) is 11.5 Å². The zero-order valence-electron chi connectivity index (χ0n) is 20.4. The smallest absolute Gasteiger partial charge is 0.123 e. The highest BCUT2D eigenvalue weighted by Crippen LogP contribution is 2.46. The van der Waals surface area contributed by atoms with Crippen LogP contribution in [0.1, 0.15) is 89.5 Å². The van der Waals surface area contributed by atoms with Crippen molar-refractivity contribution < 1.29 is 17.1 Å². The average molecular weight is 348 g/mol. The van der Waals surface area contributed by atoms with E-state index in [2.05, 4.69) is 13.5 Å². The van der Waals surface area contributed by atoms with Gasteiger partial charge in [0.2, 0.25) is 0 Å². The lowest BCUT2D eigenvalue weighted by atomic mass is 9.73. The van der Waals surface area contributed by atoms with Crippen molar-refractivity contribution in [2.45, 2.75) is 77.9 Å². The molecule has 1 aromatic carbocycles. The lowest BCUT2D eigenvalue weighted by molar-refractivity contribution is 0.406. The molecule has 0 spiro atoms. The highest BCUT2D eigenvalue weighted by Gasteiger charge is 2.30. The summed E-state index contributed by atoms with van der Waals surface area (Å²) < 4.78 is 40.0. The van der Waals surface area contributed by atoms with E-state index in [1.807, 2.05) is 6.92 Å². The number of hydrogen-bond acceptors (Lipinski definition) is 2. The number of aromatic hydroxyl groups is 2. The molecule has 0 bridgehead atoms. The maximum atomic E-state index is 10.8. The molecule has 2 heteroatoms. The molecule has 0 aromatic heterocycles. The minimum absolute atomic E-state index is 0.107. The van der Waals surface area contributed by atoms with Gasteiger partial charge in [0.25, 0.3) is 0 Å². The Bertz CT molecular complexity index is 772. The summed E-state index contributed by atoms with van der Waals surface area (Å²) in [4.78, 5) is 0. The molecule has 1 aliphatic rings. The van der Waals surface area contributed by atoms with E-state index in [1.54, 1.807) is 6.08 Å². The summed E-state index contributed by atoms with van der Waals surface area (Å²) in [6, 6.07) is 2.75. The Morgan fingerprint density at radius 3 is 2.52 bits per heavy atom. The van der Waals surface area contributed by atoms with Crippen molar-refractivity contribution in [2.75, 3.05) is 0 Å². The maximum Gasteiger partial charge on any atom is 0.123 e. The lowest BCUT2D eigenvalue weighted by Crippen LogP contribution is -2.17. The van der Waals surface area contributed by atoms with Gasteiger partial charge in [0.05, 0.1) is 0 Å². The molecule has 138 valence electrons. The van der Waals surface area contributed by atoms with E-state index in [1.165, 1.54) is 12.1 Å². The third-order valence-electron chi connectivity index (χ3n) is 5.00. The van der Waals surface area contributed by atoms with Gasteiger partial charge in [-0.05, 0) is 63.0 Å². The van der Waals surface area contributed by atoms with E-state index in [4.69, 9.17) is 6.85 Å². The molecule has 2 nitrogen and oxygen atoms in total. The number of allylic oxidation sites excluding steroid dienone is 3. The fourth-order valence-electron chi connectivity index (χ4n) is 3.60. The first-order chi connectivity index (χ1) is 13.9. The molecule has 2 N–H and O–H groups in total. The summed E-state index contributed by atoms with van der Waals surface area (Å²) >= 11 is 0. The van der Waals surface area contributed by atoms with E-state index in [-0.39, 0.29) is 28.5 Å². The summed E-state index contributed by atoms with van der Waals surface area (Å²) in [6.07, 6.45) is 5.06. The quantitative estimate of drug-likeness (QED) is 0.409. The Kier molecular flexibility index (Phi) is 4.93. The van der Waals surface area contributed by atoms with Crippen molar-refractivity contribution >= 4 is 0 Å². The number of hydrogen-bond donors (Lipinski definition) is 2. The summed E-state index contributed by atoms with van der Waals surface area (Å²) in [6.45, 7) is 5.75. The van der Waals surface area contributed by atoms with Crippen molar-refractivity contribution in [3.8, 4) is 11.5 Å². The first kappa shape index (κ1) is 13.5. The van der Waals surface area contributed by atoms with Crippen LogP contribution in [0.25, 0.3) is 0 Å². The monoisotopic (exact) mass is 347 g/mol. The fourth-order valence-corrected chi connectivity index (χ4v) is 3.60. The normalized spacial score (nSPS) is 24.4. The van der Waals surface area contributed by atoms with Gasteiger partial charge in [-0.2, -0.15) is 0 Å². The Morgan fingerprint density at radius 1 is 1.24 bits per heavy atom. The maximum absolute atomic E-state index is 10.8. The molecule has 0 fully saturated rings. The molecule has 0 saturated carbocycles. The molecule has 2 atom stereocenters. The van der Waals surface area contributed by atoms with Gasteiger partial charge in [-0.25, -0.2) is 0 Å². The fraction of sp³-hybridized carbons (Fsp3) is 0.565. The van der Waals surface area contributed by atoms with Crippen LogP contribution in [0.4, 0.5) is 0 Å². The van der Waals surface area contributed by atoms with Crippen molar-refractivity contribution in [3.05, 3.63) is 47.1 Å². The van der Waals surface area contributed by atoms with Gasteiger partial charge < -0.3 is 10.2 Å². The lowest BCUT2D eigenvalue weighted by Gasteiger charge is -2.31. The van der Waals surface area contributed by atoms with Gasteiger partial charge in [0.1, 0.15) is 11.5 Å². The highest BCUT2D eigenvalue weighted by molar-refractivity contribution is 5.51. The Hall–Kier alpha value is -1.70. The standard InChI is InChI=1S/C23H34O2/c1-5-6-7-8-9-10-18-14-21(24)23(22(25)15-18)20-13-17(4)11-12-19(20)16(2)3/h13-15,19-20,24-25H,2,5-12H2,1,3-4H3/i4D3,10D2.